The molecule has 0 heterocycles. The van der Waals surface area contributed by atoms with E-state index in [1.54, 1.807) is 42.5 Å². The Labute approximate surface area is 152 Å². The van der Waals surface area contributed by atoms with Gasteiger partial charge in [-0.3, -0.25) is 14.3 Å². The SMILES string of the molecule is CC(C)NC(=O)c1ccccc1NC(=O)c1cccc(NS(C)(=O)=O)c1. The zero-order valence-electron chi connectivity index (χ0n) is 14.7. The molecular weight excluding hydrogens is 354 g/mol. The summed E-state index contributed by atoms with van der Waals surface area (Å²) in [5, 5.41) is 5.47. The molecule has 0 saturated carbocycles. The monoisotopic (exact) mass is 375 g/mol. The zero-order valence-corrected chi connectivity index (χ0v) is 15.6. The molecule has 0 bridgehead atoms. The number of benzene rings is 2. The highest BCUT2D eigenvalue weighted by molar-refractivity contribution is 7.92. The third-order valence-electron chi connectivity index (χ3n) is 3.27. The summed E-state index contributed by atoms with van der Waals surface area (Å²) in [6.45, 7) is 3.69. The second-order valence-corrected chi connectivity index (χ2v) is 7.83. The summed E-state index contributed by atoms with van der Waals surface area (Å²) in [6.07, 6.45) is 1.03. The van der Waals surface area contributed by atoms with Crippen LogP contribution in [0.15, 0.2) is 48.5 Å². The lowest BCUT2D eigenvalue weighted by atomic mass is 10.1. The van der Waals surface area contributed by atoms with Gasteiger partial charge in [0.25, 0.3) is 11.8 Å². The predicted octanol–water partition coefficient (Wildman–Crippen LogP) is 2.45. The smallest absolute Gasteiger partial charge is 0.255 e. The van der Waals surface area contributed by atoms with Crippen molar-refractivity contribution in [2.75, 3.05) is 16.3 Å². The van der Waals surface area contributed by atoms with E-state index in [4.69, 9.17) is 0 Å². The van der Waals surface area contributed by atoms with Crippen molar-refractivity contribution in [2.45, 2.75) is 19.9 Å². The van der Waals surface area contributed by atoms with Crippen molar-refractivity contribution in [3.05, 3.63) is 59.7 Å². The minimum absolute atomic E-state index is 0.0370. The van der Waals surface area contributed by atoms with Crippen LogP contribution in [0.1, 0.15) is 34.6 Å². The molecule has 7 nitrogen and oxygen atoms in total. The van der Waals surface area contributed by atoms with E-state index in [9.17, 15) is 18.0 Å². The average molecular weight is 375 g/mol. The molecule has 0 spiro atoms. The third kappa shape index (κ3) is 5.59. The minimum atomic E-state index is -3.44. The fourth-order valence-electron chi connectivity index (χ4n) is 2.26. The van der Waals surface area contributed by atoms with Gasteiger partial charge in [0.05, 0.1) is 17.5 Å². The number of amides is 2. The molecule has 0 aliphatic carbocycles. The molecule has 0 aromatic heterocycles. The van der Waals surface area contributed by atoms with Crippen LogP contribution in [0.25, 0.3) is 0 Å². The van der Waals surface area contributed by atoms with Crippen molar-refractivity contribution in [3.8, 4) is 0 Å². The predicted molar refractivity (Wildman–Crippen MR) is 102 cm³/mol. The zero-order chi connectivity index (χ0) is 19.3. The number of hydrogen-bond donors (Lipinski definition) is 3. The Morgan fingerprint density at radius 1 is 0.962 bits per heavy atom. The van der Waals surface area contributed by atoms with Crippen molar-refractivity contribution >= 4 is 33.2 Å². The van der Waals surface area contributed by atoms with Crippen LogP contribution in [0.5, 0.6) is 0 Å². The maximum atomic E-state index is 12.5. The molecule has 0 aliphatic heterocycles. The Morgan fingerprint density at radius 3 is 2.31 bits per heavy atom. The van der Waals surface area contributed by atoms with Gasteiger partial charge in [-0.05, 0) is 44.2 Å². The fourth-order valence-corrected chi connectivity index (χ4v) is 2.82. The van der Waals surface area contributed by atoms with Crippen molar-refractivity contribution in [1.82, 2.24) is 5.32 Å². The van der Waals surface area contributed by atoms with Gasteiger partial charge in [-0.2, -0.15) is 0 Å². The first-order valence-corrected chi connectivity index (χ1v) is 9.84. The van der Waals surface area contributed by atoms with Crippen LogP contribution in [0.3, 0.4) is 0 Å². The first-order chi connectivity index (χ1) is 12.2. The van der Waals surface area contributed by atoms with E-state index in [1.165, 1.54) is 6.07 Å². The second-order valence-electron chi connectivity index (χ2n) is 6.08. The number of para-hydroxylation sites is 1. The number of hydrogen-bond acceptors (Lipinski definition) is 4. The summed E-state index contributed by atoms with van der Waals surface area (Å²) >= 11 is 0. The van der Waals surface area contributed by atoms with Crippen LogP contribution < -0.4 is 15.4 Å². The van der Waals surface area contributed by atoms with Crippen molar-refractivity contribution < 1.29 is 18.0 Å². The lowest BCUT2D eigenvalue weighted by molar-refractivity contribution is 0.0944. The van der Waals surface area contributed by atoms with E-state index in [-0.39, 0.29) is 23.2 Å². The molecule has 0 unspecified atom stereocenters. The molecule has 2 aromatic carbocycles. The van der Waals surface area contributed by atoms with Crippen molar-refractivity contribution in [1.29, 1.82) is 0 Å². The van der Waals surface area contributed by atoms with Gasteiger partial charge in [0.1, 0.15) is 0 Å². The summed E-state index contributed by atoms with van der Waals surface area (Å²) in [4.78, 5) is 24.8. The Hall–Kier alpha value is -2.87. The Balaban J connectivity index is 2.23. The Kier molecular flexibility index (Phi) is 5.99. The van der Waals surface area contributed by atoms with Gasteiger partial charge in [0.2, 0.25) is 10.0 Å². The topological polar surface area (TPSA) is 104 Å². The van der Waals surface area contributed by atoms with Crippen LogP contribution in [-0.4, -0.2) is 32.5 Å². The number of sulfonamides is 1. The van der Waals surface area contributed by atoms with Gasteiger partial charge in [-0.25, -0.2) is 8.42 Å². The first kappa shape index (κ1) is 19.5. The standard InChI is InChI=1S/C18H21N3O4S/c1-12(2)19-18(23)15-9-4-5-10-16(15)20-17(22)13-7-6-8-14(11-13)21-26(3,24)25/h4-12,21H,1-3H3,(H,19,23)(H,20,22). The molecule has 8 heteroatoms. The molecule has 0 radical (unpaired) electrons. The molecule has 0 atom stereocenters. The van der Waals surface area contributed by atoms with Crippen LogP contribution in [0.4, 0.5) is 11.4 Å². The molecule has 138 valence electrons. The largest absolute Gasteiger partial charge is 0.350 e. The Morgan fingerprint density at radius 2 is 1.65 bits per heavy atom. The first-order valence-electron chi connectivity index (χ1n) is 7.95. The van der Waals surface area contributed by atoms with Gasteiger partial charge in [0.15, 0.2) is 0 Å². The number of nitrogens with one attached hydrogen (secondary N) is 3. The van der Waals surface area contributed by atoms with E-state index in [0.29, 0.717) is 11.3 Å². The molecule has 26 heavy (non-hydrogen) atoms. The van der Waals surface area contributed by atoms with Crippen LogP contribution >= 0.6 is 0 Å². The molecule has 0 aliphatic rings. The maximum Gasteiger partial charge on any atom is 0.255 e. The van der Waals surface area contributed by atoms with Gasteiger partial charge in [-0.15, -0.1) is 0 Å². The van der Waals surface area contributed by atoms with E-state index >= 15 is 0 Å². The number of carbonyl (C=O) groups is 2. The van der Waals surface area contributed by atoms with Gasteiger partial charge in [-0.1, -0.05) is 18.2 Å². The summed E-state index contributed by atoms with van der Waals surface area (Å²) in [6, 6.07) is 12.7. The fraction of sp³-hybridized carbons (Fsp3) is 0.222. The maximum absolute atomic E-state index is 12.5. The van der Waals surface area contributed by atoms with Crippen molar-refractivity contribution in [3.63, 3.8) is 0 Å². The number of anilines is 2. The lowest BCUT2D eigenvalue weighted by Crippen LogP contribution is -2.31. The molecule has 2 rings (SSSR count). The van der Waals surface area contributed by atoms with Crippen LogP contribution in [-0.2, 0) is 10.0 Å². The van der Waals surface area contributed by atoms with E-state index in [2.05, 4.69) is 15.4 Å². The van der Waals surface area contributed by atoms with Gasteiger partial charge in [0, 0.05) is 17.3 Å². The van der Waals surface area contributed by atoms with Crippen molar-refractivity contribution in [2.24, 2.45) is 0 Å². The Bertz CT molecular complexity index is 924. The highest BCUT2D eigenvalue weighted by atomic mass is 32.2. The van der Waals surface area contributed by atoms with E-state index in [0.717, 1.165) is 6.26 Å². The van der Waals surface area contributed by atoms with E-state index in [1.807, 2.05) is 13.8 Å². The molecule has 0 saturated heterocycles. The highest BCUT2D eigenvalue weighted by Gasteiger charge is 2.15. The normalized spacial score (nSPS) is 11.1. The summed E-state index contributed by atoms with van der Waals surface area (Å²) < 4.78 is 25.0. The van der Waals surface area contributed by atoms with Gasteiger partial charge < -0.3 is 10.6 Å². The molecular formula is C18H21N3O4S. The third-order valence-corrected chi connectivity index (χ3v) is 3.87. The lowest BCUT2D eigenvalue weighted by Gasteiger charge is -2.13. The number of rotatable bonds is 6. The second kappa shape index (κ2) is 8.01. The highest BCUT2D eigenvalue weighted by Crippen LogP contribution is 2.18. The van der Waals surface area contributed by atoms with Crippen LogP contribution in [0, 0.1) is 0 Å². The quantitative estimate of drug-likeness (QED) is 0.721. The minimum Gasteiger partial charge on any atom is -0.350 e. The summed E-state index contributed by atoms with van der Waals surface area (Å²) in [5.41, 5.74) is 1.26. The molecule has 2 aromatic rings. The van der Waals surface area contributed by atoms with Crippen LogP contribution in [0.2, 0.25) is 0 Å². The van der Waals surface area contributed by atoms with E-state index < -0.39 is 15.9 Å². The van der Waals surface area contributed by atoms with Gasteiger partial charge >= 0.3 is 0 Å². The molecule has 3 N–H and O–H groups in total. The molecule has 0 fully saturated rings. The summed E-state index contributed by atoms with van der Waals surface area (Å²) in [5.74, 6) is -0.740. The average Bonchev–Trinajstić information content (AvgIpc) is 2.53. The summed E-state index contributed by atoms with van der Waals surface area (Å²) in [7, 11) is -3.44. The number of carbonyl (C=O) groups excluding carboxylic acids is 2. The molecule has 2 amide bonds.